The Hall–Kier alpha value is -7.04. The van der Waals surface area contributed by atoms with Crippen LogP contribution in [0.3, 0.4) is 0 Å². The minimum Gasteiger partial charge on any atom is -0.456 e. The number of ether oxygens (including phenoxy) is 1. The van der Waals surface area contributed by atoms with E-state index in [2.05, 4.69) is 115 Å². The number of nitrogens with zero attached hydrogens (tertiary/aromatic N) is 2. The molecule has 9 aromatic rings. The number of hydrogen-bond acceptors (Lipinski definition) is 4. The third-order valence-corrected chi connectivity index (χ3v) is 9.75. The van der Waals surface area contributed by atoms with E-state index in [0.717, 1.165) is 94.9 Å². The van der Waals surface area contributed by atoms with Crippen LogP contribution in [0.1, 0.15) is 11.1 Å². The number of rotatable bonds is 3. The van der Waals surface area contributed by atoms with Crippen molar-refractivity contribution in [3.63, 3.8) is 0 Å². The van der Waals surface area contributed by atoms with Crippen LogP contribution in [0.25, 0.3) is 90.2 Å². The molecule has 7 aromatic carbocycles. The van der Waals surface area contributed by atoms with E-state index in [4.69, 9.17) is 19.1 Å². The molecule has 3 heterocycles. The predicted octanol–water partition coefficient (Wildman–Crippen LogP) is 13.0. The molecule has 0 radical (unpaired) electrons. The number of furan rings is 1. The van der Waals surface area contributed by atoms with E-state index in [1.54, 1.807) is 0 Å². The van der Waals surface area contributed by atoms with Gasteiger partial charge >= 0.3 is 0 Å². The molecule has 0 saturated carbocycles. The van der Waals surface area contributed by atoms with Crippen molar-refractivity contribution < 1.29 is 9.15 Å². The zero-order chi connectivity index (χ0) is 34.4. The van der Waals surface area contributed by atoms with E-state index in [9.17, 15) is 0 Å². The monoisotopic (exact) mass is 666 g/mol. The first kappa shape index (κ1) is 29.8. The van der Waals surface area contributed by atoms with Crippen LogP contribution >= 0.6 is 0 Å². The zero-order valence-electron chi connectivity index (χ0n) is 28.0. The van der Waals surface area contributed by atoms with Crippen LogP contribution < -0.4 is 4.74 Å². The number of hydrogen-bond donors (Lipinski definition) is 0. The molecular formula is C48H30N2O2. The van der Waals surface area contributed by atoms with Gasteiger partial charge in [-0.15, -0.1) is 0 Å². The molecule has 10 rings (SSSR count). The molecule has 244 valence electrons. The molecule has 0 fully saturated rings. The Kier molecular flexibility index (Phi) is 7.10. The highest BCUT2D eigenvalue weighted by Gasteiger charge is 2.21. The fourth-order valence-corrected chi connectivity index (χ4v) is 7.17. The highest BCUT2D eigenvalue weighted by molar-refractivity contribution is 6.07. The van der Waals surface area contributed by atoms with Crippen molar-refractivity contribution >= 4 is 34.1 Å². The van der Waals surface area contributed by atoms with Crippen molar-refractivity contribution in [1.29, 1.82) is 0 Å². The van der Waals surface area contributed by atoms with Crippen LogP contribution in [-0.2, 0) is 0 Å². The number of benzene rings is 7. The smallest absolute Gasteiger partial charge is 0.160 e. The zero-order valence-corrected chi connectivity index (χ0v) is 28.0. The highest BCUT2D eigenvalue weighted by Crippen LogP contribution is 2.45. The van der Waals surface area contributed by atoms with Crippen LogP contribution in [0.2, 0.25) is 0 Å². The second-order valence-corrected chi connectivity index (χ2v) is 13.0. The van der Waals surface area contributed by atoms with Gasteiger partial charge in [-0.1, -0.05) is 146 Å². The maximum absolute atomic E-state index is 7.01. The lowest BCUT2D eigenvalue weighted by atomic mass is 9.94. The summed E-state index contributed by atoms with van der Waals surface area (Å²) >= 11 is 0. The van der Waals surface area contributed by atoms with E-state index in [-0.39, 0.29) is 0 Å². The lowest BCUT2D eigenvalue weighted by Gasteiger charge is -2.17. The van der Waals surface area contributed by atoms with Crippen LogP contribution in [0.4, 0.5) is 0 Å². The minimum absolute atomic E-state index is 0.643. The molecule has 0 spiro atoms. The van der Waals surface area contributed by atoms with Gasteiger partial charge in [0, 0.05) is 38.6 Å². The molecule has 4 nitrogen and oxygen atoms in total. The van der Waals surface area contributed by atoms with Gasteiger partial charge < -0.3 is 9.15 Å². The quantitative estimate of drug-likeness (QED) is 0.188. The first-order chi connectivity index (χ1) is 25.7. The summed E-state index contributed by atoms with van der Waals surface area (Å²) in [6, 6.07) is 58.2. The van der Waals surface area contributed by atoms with Crippen LogP contribution in [0.5, 0.6) is 11.5 Å². The average Bonchev–Trinajstić information content (AvgIpc) is 3.57. The molecule has 0 saturated heterocycles. The normalized spacial score (nSPS) is 12.5. The summed E-state index contributed by atoms with van der Waals surface area (Å²) in [4.78, 5) is 10.3. The molecule has 2 aromatic heterocycles. The summed E-state index contributed by atoms with van der Waals surface area (Å²) in [5, 5.41) is 2.05. The Bertz CT molecular complexity index is 2760. The van der Waals surface area contributed by atoms with Gasteiger partial charge in [-0.25, -0.2) is 9.97 Å². The van der Waals surface area contributed by atoms with Gasteiger partial charge in [-0.3, -0.25) is 0 Å². The molecule has 0 atom stereocenters. The average molecular weight is 667 g/mol. The van der Waals surface area contributed by atoms with E-state index < -0.39 is 0 Å². The maximum Gasteiger partial charge on any atom is 0.160 e. The molecule has 0 aliphatic carbocycles. The van der Waals surface area contributed by atoms with Gasteiger partial charge in [0.25, 0.3) is 0 Å². The van der Waals surface area contributed by atoms with E-state index in [0.29, 0.717) is 5.82 Å². The third kappa shape index (κ3) is 5.26. The fraction of sp³-hybridized carbons (Fsp3) is 0. The lowest BCUT2D eigenvalue weighted by molar-refractivity contribution is 0.487. The van der Waals surface area contributed by atoms with Crippen molar-refractivity contribution in [3.8, 4) is 67.7 Å². The molecule has 0 bridgehead atoms. The standard InChI is InChI=1S/C48H30N2O2/c1-3-14-33(15-4-1)42-30-43(34-16-5-2-6-17-34)50-48(49-42)35-26-25-32-24-23-31-13-7-8-18-36(31)37-19-9-11-21-44(37)51-47-28-40-38-20-10-12-22-45(38)52-46(40)29-41(47)39(32)27-35/h1-30H/b24-23-. The molecule has 4 heteroatoms. The first-order valence-corrected chi connectivity index (χ1v) is 17.4. The minimum atomic E-state index is 0.643. The van der Waals surface area contributed by atoms with Crippen LogP contribution in [-0.4, -0.2) is 9.97 Å². The van der Waals surface area contributed by atoms with Gasteiger partial charge in [-0.05, 0) is 58.7 Å². The van der Waals surface area contributed by atoms with Crippen LogP contribution in [0.15, 0.2) is 174 Å². The van der Waals surface area contributed by atoms with E-state index in [1.165, 1.54) is 0 Å². The van der Waals surface area contributed by atoms with Gasteiger partial charge in [0.15, 0.2) is 5.82 Å². The summed E-state index contributed by atoms with van der Waals surface area (Å²) in [6.45, 7) is 0. The van der Waals surface area contributed by atoms with Crippen molar-refractivity contribution in [3.05, 3.63) is 181 Å². The highest BCUT2D eigenvalue weighted by atomic mass is 16.5. The third-order valence-electron chi connectivity index (χ3n) is 9.75. The SMILES string of the molecule is C1=C\c2ccc(-c3nc(-c4ccccc4)cc(-c4ccccc4)n3)cc2-c2cc3oc4ccccc4c3cc2Oc2ccccc2-c2ccccc2/1. The summed E-state index contributed by atoms with van der Waals surface area (Å²) in [5.41, 5.74) is 12.5. The number of para-hydroxylation sites is 2. The second kappa shape index (κ2) is 12.4. The molecule has 1 aliphatic heterocycles. The largest absolute Gasteiger partial charge is 0.456 e. The molecule has 0 unspecified atom stereocenters. The Morgan fingerprint density at radius 3 is 1.77 bits per heavy atom. The van der Waals surface area contributed by atoms with Gasteiger partial charge in [0.1, 0.15) is 22.7 Å². The Morgan fingerprint density at radius 1 is 0.365 bits per heavy atom. The molecule has 52 heavy (non-hydrogen) atoms. The number of aromatic nitrogens is 2. The van der Waals surface area contributed by atoms with Crippen molar-refractivity contribution in [2.45, 2.75) is 0 Å². The second-order valence-electron chi connectivity index (χ2n) is 13.0. The van der Waals surface area contributed by atoms with Gasteiger partial charge in [0.05, 0.1) is 11.4 Å². The summed E-state index contributed by atoms with van der Waals surface area (Å²) in [6.07, 6.45) is 4.38. The topological polar surface area (TPSA) is 48.2 Å². The van der Waals surface area contributed by atoms with Crippen LogP contribution in [0, 0.1) is 0 Å². The molecular weight excluding hydrogens is 637 g/mol. The summed E-state index contributed by atoms with van der Waals surface area (Å²) in [5.74, 6) is 2.16. The van der Waals surface area contributed by atoms with Crippen molar-refractivity contribution in [1.82, 2.24) is 9.97 Å². The van der Waals surface area contributed by atoms with Crippen molar-refractivity contribution in [2.75, 3.05) is 0 Å². The maximum atomic E-state index is 7.01. The van der Waals surface area contributed by atoms with Gasteiger partial charge in [0.2, 0.25) is 0 Å². The van der Waals surface area contributed by atoms with E-state index >= 15 is 0 Å². The molecule has 1 aliphatic rings. The fourth-order valence-electron chi connectivity index (χ4n) is 7.17. The summed E-state index contributed by atoms with van der Waals surface area (Å²) < 4.78 is 13.5. The summed E-state index contributed by atoms with van der Waals surface area (Å²) in [7, 11) is 0. The Balaban J connectivity index is 1.24. The molecule has 0 N–H and O–H groups in total. The lowest BCUT2D eigenvalue weighted by Crippen LogP contribution is -1.97. The first-order valence-electron chi connectivity index (χ1n) is 17.4. The predicted molar refractivity (Wildman–Crippen MR) is 212 cm³/mol. The Labute approximate surface area is 301 Å². The Morgan fingerprint density at radius 2 is 1.00 bits per heavy atom. The number of fused-ring (bicyclic) bond motifs is 9. The van der Waals surface area contributed by atoms with Crippen molar-refractivity contribution in [2.24, 2.45) is 0 Å². The van der Waals surface area contributed by atoms with E-state index in [1.807, 2.05) is 66.7 Å². The van der Waals surface area contributed by atoms with Gasteiger partial charge in [-0.2, -0.15) is 0 Å². The molecule has 0 amide bonds.